The maximum absolute atomic E-state index is 11.5. The molecule has 2 heterocycles. The van der Waals surface area contributed by atoms with Crippen molar-refractivity contribution in [3.05, 3.63) is 11.1 Å². The molecule has 0 aromatic carbocycles. The minimum Gasteiger partial charge on any atom is -0.389 e. The van der Waals surface area contributed by atoms with Crippen LogP contribution in [0.3, 0.4) is 0 Å². The lowest BCUT2D eigenvalue weighted by Crippen LogP contribution is -2.50. The van der Waals surface area contributed by atoms with Crippen molar-refractivity contribution in [3.63, 3.8) is 0 Å². The van der Waals surface area contributed by atoms with E-state index in [1.54, 1.807) is 12.3 Å². The molecule has 1 aromatic heterocycles. The van der Waals surface area contributed by atoms with E-state index < -0.39 is 5.91 Å². The van der Waals surface area contributed by atoms with Crippen molar-refractivity contribution >= 4 is 22.4 Å². The third-order valence-corrected chi connectivity index (χ3v) is 3.28. The van der Waals surface area contributed by atoms with Crippen LogP contribution in [-0.4, -0.2) is 52.0 Å². The molecule has 2 N–H and O–H groups in total. The number of rotatable bonds is 3. The van der Waals surface area contributed by atoms with E-state index in [9.17, 15) is 10.0 Å². The van der Waals surface area contributed by atoms with Crippen molar-refractivity contribution < 1.29 is 15.1 Å². The maximum atomic E-state index is 11.5. The molecule has 1 aliphatic heterocycles. The number of amides is 1. The fourth-order valence-electron chi connectivity index (χ4n) is 1.40. The molecule has 0 saturated carbocycles. The van der Waals surface area contributed by atoms with Crippen LogP contribution >= 0.6 is 11.3 Å². The third-order valence-electron chi connectivity index (χ3n) is 2.38. The molecular formula is C9H13N3O3S. The zero-order chi connectivity index (χ0) is 11.7. The van der Waals surface area contributed by atoms with Crippen LogP contribution in [0.2, 0.25) is 0 Å². The van der Waals surface area contributed by atoms with Gasteiger partial charge in [0.25, 0.3) is 5.91 Å². The molecule has 0 spiro atoms. The van der Waals surface area contributed by atoms with Gasteiger partial charge >= 0.3 is 0 Å². The summed E-state index contributed by atoms with van der Waals surface area (Å²) in [5.74, 6) is -0.494. The Labute approximate surface area is 96.7 Å². The molecule has 1 aliphatic rings. The van der Waals surface area contributed by atoms with E-state index in [1.165, 1.54) is 11.3 Å². The summed E-state index contributed by atoms with van der Waals surface area (Å²) >= 11 is 1.34. The predicted molar refractivity (Wildman–Crippen MR) is 58.8 cm³/mol. The Morgan fingerprint density at radius 2 is 2.44 bits per heavy atom. The van der Waals surface area contributed by atoms with Crippen LogP contribution in [0, 0.1) is 0 Å². The number of carbonyl (C=O) groups excluding carboxylic acids is 1. The number of nitrogens with zero attached hydrogens (tertiary/aromatic N) is 3. The smallest absolute Gasteiger partial charge is 0.296 e. The summed E-state index contributed by atoms with van der Waals surface area (Å²) in [5, 5.41) is 21.3. The van der Waals surface area contributed by atoms with E-state index in [-0.39, 0.29) is 18.3 Å². The summed E-state index contributed by atoms with van der Waals surface area (Å²) in [6.07, 6.45) is -0.298. The average Bonchev–Trinajstić information content (AvgIpc) is 2.71. The van der Waals surface area contributed by atoms with Crippen molar-refractivity contribution in [2.75, 3.05) is 24.5 Å². The number of β-amino-alcohol motifs (C(OH)–C–C–N with tert-alkyl or cyclic N) is 1. The second-order valence-corrected chi connectivity index (χ2v) is 4.43. The Bertz CT molecular complexity index is 389. The first-order valence-electron chi connectivity index (χ1n) is 5.01. The molecule has 16 heavy (non-hydrogen) atoms. The van der Waals surface area contributed by atoms with Crippen LogP contribution in [-0.2, 0) is 0 Å². The molecule has 0 unspecified atom stereocenters. The zero-order valence-electron chi connectivity index (χ0n) is 8.83. The van der Waals surface area contributed by atoms with E-state index in [0.717, 1.165) is 0 Å². The Morgan fingerprint density at radius 1 is 1.75 bits per heavy atom. The lowest BCUT2D eigenvalue weighted by atomic mass is 10.2. The topological polar surface area (TPSA) is 76.9 Å². The molecule has 0 bridgehead atoms. The highest BCUT2D eigenvalue weighted by molar-refractivity contribution is 7.14. The largest absolute Gasteiger partial charge is 0.389 e. The summed E-state index contributed by atoms with van der Waals surface area (Å²) in [5.41, 5.74) is 0.241. The number of aromatic nitrogens is 1. The van der Waals surface area contributed by atoms with Gasteiger partial charge in [-0.05, 0) is 6.92 Å². The molecule has 0 aliphatic carbocycles. The fourth-order valence-corrected chi connectivity index (χ4v) is 2.21. The third kappa shape index (κ3) is 2.01. The Morgan fingerprint density at radius 3 is 3.00 bits per heavy atom. The van der Waals surface area contributed by atoms with Crippen molar-refractivity contribution in [3.8, 4) is 0 Å². The molecule has 1 fully saturated rings. The molecule has 1 saturated heterocycles. The van der Waals surface area contributed by atoms with Gasteiger partial charge in [0.05, 0.1) is 6.10 Å². The van der Waals surface area contributed by atoms with E-state index in [1.807, 2.05) is 4.90 Å². The second-order valence-electron chi connectivity index (χ2n) is 3.60. The first-order valence-corrected chi connectivity index (χ1v) is 5.89. The van der Waals surface area contributed by atoms with Crippen molar-refractivity contribution in [1.82, 2.24) is 10.0 Å². The van der Waals surface area contributed by atoms with Crippen molar-refractivity contribution in [2.45, 2.75) is 13.0 Å². The summed E-state index contributed by atoms with van der Waals surface area (Å²) in [7, 11) is 0. The first kappa shape index (κ1) is 11.3. The molecule has 1 amide bonds. The highest BCUT2D eigenvalue weighted by Crippen LogP contribution is 2.25. The SMILES string of the molecule is CCN(O)C(=O)c1csc(N2CC(O)C2)n1. The minimum absolute atomic E-state index is 0.230. The minimum atomic E-state index is -0.494. The van der Waals surface area contributed by atoms with Crippen LogP contribution in [0.4, 0.5) is 5.13 Å². The summed E-state index contributed by atoms with van der Waals surface area (Å²) in [6.45, 7) is 3.01. The molecule has 2 rings (SSSR count). The van der Waals surface area contributed by atoms with Gasteiger partial charge in [-0.3, -0.25) is 10.0 Å². The fraction of sp³-hybridized carbons (Fsp3) is 0.556. The van der Waals surface area contributed by atoms with Gasteiger partial charge in [-0.15, -0.1) is 11.3 Å². The number of thiazole rings is 1. The summed E-state index contributed by atoms with van der Waals surface area (Å²) in [4.78, 5) is 17.5. The average molecular weight is 243 g/mol. The van der Waals surface area contributed by atoms with Gasteiger partial charge in [-0.1, -0.05) is 0 Å². The number of hydrogen-bond donors (Lipinski definition) is 2. The first-order chi connectivity index (χ1) is 7.61. The Balaban J connectivity index is 2.05. The molecule has 0 radical (unpaired) electrons. The number of carbonyl (C=O) groups is 1. The summed E-state index contributed by atoms with van der Waals surface area (Å²) < 4.78 is 0. The van der Waals surface area contributed by atoms with Crippen LogP contribution in [0.1, 0.15) is 17.4 Å². The second kappa shape index (κ2) is 4.36. The molecule has 1 aromatic rings. The molecule has 7 heteroatoms. The van der Waals surface area contributed by atoms with E-state index in [4.69, 9.17) is 5.11 Å². The van der Waals surface area contributed by atoms with Gasteiger partial charge in [-0.2, -0.15) is 0 Å². The number of hydrogen-bond acceptors (Lipinski definition) is 6. The van der Waals surface area contributed by atoms with E-state index in [0.29, 0.717) is 23.3 Å². The van der Waals surface area contributed by atoms with Crippen molar-refractivity contribution in [1.29, 1.82) is 0 Å². The van der Waals surface area contributed by atoms with Gasteiger partial charge < -0.3 is 10.0 Å². The van der Waals surface area contributed by atoms with Gasteiger partial charge in [0.2, 0.25) is 0 Å². The molecule has 6 nitrogen and oxygen atoms in total. The molecule has 88 valence electrons. The zero-order valence-corrected chi connectivity index (χ0v) is 9.65. The van der Waals surface area contributed by atoms with Crippen LogP contribution in [0.15, 0.2) is 5.38 Å². The molecular weight excluding hydrogens is 230 g/mol. The van der Waals surface area contributed by atoms with Gasteiger partial charge in [-0.25, -0.2) is 10.0 Å². The van der Waals surface area contributed by atoms with Gasteiger partial charge in [0, 0.05) is 25.0 Å². The number of aliphatic hydroxyl groups excluding tert-OH is 1. The monoisotopic (exact) mass is 243 g/mol. The summed E-state index contributed by atoms with van der Waals surface area (Å²) in [6, 6.07) is 0. The van der Waals surface area contributed by atoms with Crippen LogP contribution in [0.25, 0.3) is 0 Å². The number of hydroxylamine groups is 2. The lowest BCUT2D eigenvalue weighted by Gasteiger charge is -2.35. The standard InChI is InChI=1S/C9H13N3O3S/c1-2-12(15)8(14)7-5-16-9(10-7)11-3-6(13)4-11/h5-6,13,15H,2-4H2,1H3. The van der Waals surface area contributed by atoms with Crippen LogP contribution < -0.4 is 4.90 Å². The van der Waals surface area contributed by atoms with E-state index >= 15 is 0 Å². The van der Waals surface area contributed by atoms with Crippen LogP contribution in [0.5, 0.6) is 0 Å². The molecule has 0 atom stereocenters. The normalized spacial score (nSPS) is 16.1. The number of anilines is 1. The van der Waals surface area contributed by atoms with Crippen molar-refractivity contribution in [2.24, 2.45) is 0 Å². The van der Waals surface area contributed by atoms with Gasteiger partial charge in [0.1, 0.15) is 5.69 Å². The lowest BCUT2D eigenvalue weighted by molar-refractivity contribution is -0.0545. The number of aliphatic hydroxyl groups is 1. The maximum Gasteiger partial charge on any atom is 0.296 e. The highest BCUT2D eigenvalue weighted by atomic mass is 32.1. The predicted octanol–water partition coefficient (Wildman–Crippen LogP) is 0.175. The van der Waals surface area contributed by atoms with E-state index in [2.05, 4.69) is 4.98 Å². The Hall–Kier alpha value is -1.18. The quantitative estimate of drug-likeness (QED) is 0.585. The Kier molecular flexibility index (Phi) is 3.08. The van der Waals surface area contributed by atoms with Gasteiger partial charge in [0.15, 0.2) is 5.13 Å². The highest BCUT2D eigenvalue weighted by Gasteiger charge is 2.27.